The van der Waals surface area contributed by atoms with E-state index in [1.165, 1.54) is 11.3 Å². The number of anilines is 1. The molecular formula is C20H31N2+. The fraction of sp³-hybridized carbons (Fsp3) is 0.350. The van der Waals surface area contributed by atoms with Crippen LogP contribution in [-0.2, 0) is 6.54 Å². The second-order valence-electron chi connectivity index (χ2n) is 4.69. The molecule has 0 amide bonds. The third-order valence-electron chi connectivity index (χ3n) is 2.91. The van der Waals surface area contributed by atoms with E-state index in [9.17, 15) is 0 Å². The van der Waals surface area contributed by atoms with Crippen LogP contribution in [0, 0.1) is 0 Å². The van der Waals surface area contributed by atoms with Crippen LogP contribution in [0.15, 0.2) is 60.9 Å². The molecule has 120 valence electrons. The molecule has 0 aliphatic carbocycles. The average molecular weight is 299 g/mol. The normalized spacial score (nSPS) is 9.36. The highest BCUT2D eigenvalue weighted by molar-refractivity contribution is 5.55. The van der Waals surface area contributed by atoms with Crippen LogP contribution in [0.25, 0.3) is 6.08 Å². The van der Waals surface area contributed by atoms with Crippen molar-refractivity contribution in [2.45, 2.75) is 34.2 Å². The Morgan fingerprint density at radius 3 is 1.86 bits per heavy atom. The number of nitrogens with zero attached hydrogens (tertiary/aromatic N) is 2. The molecule has 1 heterocycles. The fourth-order valence-corrected chi connectivity index (χ4v) is 1.72. The monoisotopic (exact) mass is 299 g/mol. The molecule has 2 rings (SSSR count). The lowest BCUT2D eigenvalue weighted by Crippen LogP contribution is -2.30. The molecule has 0 aliphatic heterocycles. The Labute approximate surface area is 136 Å². The highest BCUT2D eigenvalue weighted by Gasteiger charge is 1.92. The molecule has 0 radical (unpaired) electrons. The van der Waals surface area contributed by atoms with Gasteiger partial charge in [-0.1, -0.05) is 44.2 Å². The molecule has 2 heteroatoms. The lowest BCUT2D eigenvalue weighted by Gasteiger charge is -2.11. The van der Waals surface area contributed by atoms with Gasteiger partial charge in [-0.2, -0.15) is 0 Å². The van der Waals surface area contributed by atoms with Crippen LogP contribution in [0.5, 0.6) is 0 Å². The van der Waals surface area contributed by atoms with Crippen molar-refractivity contribution in [2.24, 2.45) is 0 Å². The van der Waals surface area contributed by atoms with E-state index in [1.54, 1.807) is 0 Å². The standard InChI is InChI=1S/C11H15N.C7H10N.C2H6/c1-4-5-10-6-8-11(9-7-10)12(2)3;1-2-8-6-4-3-5-7-8;1-2/h4-9H,1-3H3;3-7H,2H2,1H3;1-2H3/q;+1;/b5-4+;;. The Morgan fingerprint density at radius 1 is 0.955 bits per heavy atom. The van der Waals surface area contributed by atoms with Crippen molar-refractivity contribution in [3.8, 4) is 0 Å². The molecule has 0 atom stereocenters. The smallest absolute Gasteiger partial charge is 0.168 e. The van der Waals surface area contributed by atoms with E-state index >= 15 is 0 Å². The van der Waals surface area contributed by atoms with Gasteiger partial charge in [0.15, 0.2) is 12.4 Å². The number of hydrogen-bond acceptors (Lipinski definition) is 1. The zero-order valence-corrected chi connectivity index (χ0v) is 15.0. The van der Waals surface area contributed by atoms with Gasteiger partial charge in [-0.05, 0) is 31.5 Å². The highest BCUT2D eigenvalue weighted by Crippen LogP contribution is 2.12. The van der Waals surface area contributed by atoms with Gasteiger partial charge in [0, 0.05) is 31.9 Å². The Hall–Kier alpha value is -2.09. The zero-order valence-electron chi connectivity index (χ0n) is 15.0. The molecule has 2 nitrogen and oxygen atoms in total. The summed E-state index contributed by atoms with van der Waals surface area (Å²) in [6.07, 6.45) is 8.25. The molecule has 1 aromatic carbocycles. The number of allylic oxidation sites excluding steroid dienone is 1. The van der Waals surface area contributed by atoms with Gasteiger partial charge in [0.05, 0.1) is 0 Å². The van der Waals surface area contributed by atoms with Crippen molar-refractivity contribution in [3.05, 3.63) is 66.5 Å². The van der Waals surface area contributed by atoms with Crippen molar-refractivity contribution in [1.82, 2.24) is 0 Å². The quantitative estimate of drug-likeness (QED) is 0.738. The van der Waals surface area contributed by atoms with Gasteiger partial charge in [-0.15, -0.1) is 0 Å². The minimum Gasteiger partial charge on any atom is -0.378 e. The van der Waals surface area contributed by atoms with Gasteiger partial charge in [0.1, 0.15) is 6.54 Å². The van der Waals surface area contributed by atoms with Crippen molar-refractivity contribution in [3.63, 3.8) is 0 Å². The van der Waals surface area contributed by atoms with Crippen LogP contribution in [0.2, 0.25) is 0 Å². The van der Waals surface area contributed by atoms with Crippen LogP contribution >= 0.6 is 0 Å². The topological polar surface area (TPSA) is 7.12 Å². The van der Waals surface area contributed by atoms with E-state index in [1.807, 2.05) is 59.1 Å². The van der Waals surface area contributed by atoms with Gasteiger partial charge in [-0.3, -0.25) is 0 Å². The Kier molecular flexibility index (Phi) is 11.4. The number of hydrogen-bond donors (Lipinski definition) is 0. The maximum atomic E-state index is 2.12. The third-order valence-corrected chi connectivity index (χ3v) is 2.91. The first-order valence-electron chi connectivity index (χ1n) is 8.01. The predicted molar refractivity (Wildman–Crippen MR) is 99.1 cm³/mol. The average Bonchev–Trinajstić information content (AvgIpc) is 2.59. The summed E-state index contributed by atoms with van der Waals surface area (Å²) >= 11 is 0. The lowest BCUT2D eigenvalue weighted by atomic mass is 10.2. The second kappa shape index (κ2) is 12.6. The number of rotatable bonds is 3. The summed E-state index contributed by atoms with van der Waals surface area (Å²) in [5, 5.41) is 0. The van der Waals surface area contributed by atoms with Gasteiger partial charge in [0.2, 0.25) is 0 Å². The highest BCUT2D eigenvalue weighted by atomic mass is 15.1. The van der Waals surface area contributed by atoms with Gasteiger partial charge in [0.25, 0.3) is 0 Å². The summed E-state index contributed by atoms with van der Waals surface area (Å²) in [4.78, 5) is 2.10. The molecule has 0 N–H and O–H groups in total. The maximum absolute atomic E-state index is 2.12. The van der Waals surface area contributed by atoms with E-state index in [0.717, 1.165) is 6.54 Å². The minimum atomic E-state index is 1.06. The molecule has 0 saturated carbocycles. The first kappa shape index (κ1) is 19.9. The van der Waals surface area contributed by atoms with E-state index in [0.29, 0.717) is 0 Å². The molecule has 0 saturated heterocycles. The van der Waals surface area contributed by atoms with Crippen molar-refractivity contribution in [1.29, 1.82) is 0 Å². The molecule has 0 aliphatic rings. The molecule has 0 spiro atoms. The van der Waals surface area contributed by atoms with Crippen LogP contribution in [0.3, 0.4) is 0 Å². The summed E-state index contributed by atoms with van der Waals surface area (Å²) in [5.74, 6) is 0. The molecule has 0 fully saturated rings. The van der Waals surface area contributed by atoms with E-state index in [4.69, 9.17) is 0 Å². The second-order valence-corrected chi connectivity index (χ2v) is 4.69. The number of aromatic nitrogens is 1. The summed E-state index contributed by atoms with van der Waals surface area (Å²) < 4.78 is 2.12. The van der Waals surface area contributed by atoms with E-state index in [-0.39, 0.29) is 0 Å². The van der Waals surface area contributed by atoms with Crippen molar-refractivity contribution in [2.75, 3.05) is 19.0 Å². The van der Waals surface area contributed by atoms with E-state index in [2.05, 4.69) is 59.1 Å². The summed E-state index contributed by atoms with van der Waals surface area (Å²) in [6, 6.07) is 14.6. The SMILES string of the molecule is C/C=C/c1ccc(N(C)C)cc1.CC.CC[n+]1ccccc1. The lowest BCUT2D eigenvalue weighted by molar-refractivity contribution is -0.693. The summed E-state index contributed by atoms with van der Waals surface area (Å²) in [5.41, 5.74) is 2.49. The molecule has 22 heavy (non-hydrogen) atoms. The number of pyridine rings is 1. The minimum absolute atomic E-state index is 1.06. The van der Waals surface area contributed by atoms with Gasteiger partial charge >= 0.3 is 0 Å². The van der Waals surface area contributed by atoms with E-state index < -0.39 is 0 Å². The molecule has 0 bridgehead atoms. The summed E-state index contributed by atoms with van der Waals surface area (Å²) in [7, 11) is 4.09. The number of benzene rings is 1. The Balaban J connectivity index is 0.000000382. The van der Waals surface area contributed by atoms with Crippen molar-refractivity contribution >= 4 is 11.8 Å². The molecule has 1 aromatic heterocycles. The van der Waals surface area contributed by atoms with Crippen LogP contribution in [0.4, 0.5) is 5.69 Å². The largest absolute Gasteiger partial charge is 0.378 e. The Morgan fingerprint density at radius 2 is 1.50 bits per heavy atom. The number of aryl methyl sites for hydroxylation is 1. The maximum Gasteiger partial charge on any atom is 0.168 e. The van der Waals surface area contributed by atoms with Crippen LogP contribution in [-0.4, -0.2) is 14.1 Å². The molecular weight excluding hydrogens is 268 g/mol. The third kappa shape index (κ3) is 8.25. The predicted octanol–water partition coefficient (Wildman–Crippen LogP) is 4.81. The van der Waals surface area contributed by atoms with Gasteiger partial charge < -0.3 is 4.90 Å². The van der Waals surface area contributed by atoms with Crippen LogP contribution < -0.4 is 9.47 Å². The molecule has 2 aromatic rings. The first-order chi connectivity index (χ1) is 10.7. The Bertz CT molecular complexity index is 499. The van der Waals surface area contributed by atoms with Crippen molar-refractivity contribution < 1.29 is 4.57 Å². The fourth-order valence-electron chi connectivity index (χ4n) is 1.72. The van der Waals surface area contributed by atoms with Crippen LogP contribution in [0.1, 0.15) is 33.3 Å². The molecule has 0 unspecified atom stereocenters. The first-order valence-corrected chi connectivity index (χ1v) is 8.01. The van der Waals surface area contributed by atoms with Gasteiger partial charge in [-0.25, -0.2) is 4.57 Å². The summed E-state index contributed by atoms with van der Waals surface area (Å²) in [6.45, 7) is 9.21. The zero-order chi connectivity index (χ0) is 16.8.